The van der Waals surface area contributed by atoms with E-state index in [-0.39, 0.29) is 5.41 Å². The molecule has 0 aliphatic carbocycles. The number of anilines is 1. The highest BCUT2D eigenvalue weighted by Gasteiger charge is 2.10. The van der Waals surface area contributed by atoms with E-state index in [9.17, 15) is 0 Å². The topological polar surface area (TPSA) is 47.0 Å². The van der Waals surface area contributed by atoms with Gasteiger partial charge >= 0.3 is 0 Å². The Labute approximate surface area is 104 Å². The summed E-state index contributed by atoms with van der Waals surface area (Å²) in [5, 5.41) is 3.19. The average molecular weight is 237 g/mol. The maximum Gasteiger partial charge on any atom is 0.234 e. The summed E-state index contributed by atoms with van der Waals surface area (Å²) in [7, 11) is 0. The quantitative estimate of drug-likeness (QED) is 0.825. The van der Waals surface area contributed by atoms with Crippen molar-refractivity contribution in [3.05, 3.63) is 12.4 Å². The summed E-state index contributed by atoms with van der Waals surface area (Å²) in [5.74, 6) is 1.37. The van der Waals surface area contributed by atoms with Crippen molar-refractivity contribution in [2.24, 2.45) is 5.41 Å². The lowest BCUT2D eigenvalue weighted by atomic mass is 9.93. The van der Waals surface area contributed by atoms with Crippen LogP contribution in [0.2, 0.25) is 0 Å². The van der Waals surface area contributed by atoms with Crippen LogP contribution in [-0.4, -0.2) is 23.1 Å². The van der Waals surface area contributed by atoms with Gasteiger partial charge in [0.15, 0.2) is 0 Å². The van der Waals surface area contributed by atoms with Crippen molar-refractivity contribution in [1.29, 1.82) is 0 Å². The first kappa shape index (κ1) is 13.7. The van der Waals surface area contributed by atoms with Crippen LogP contribution < -0.4 is 10.1 Å². The fourth-order valence-corrected chi connectivity index (χ4v) is 1.22. The van der Waals surface area contributed by atoms with Crippen molar-refractivity contribution in [2.45, 2.75) is 40.5 Å². The summed E-state index contributed by atoms with van der Waals surface area (Å²) in [6, 6.07) is 0. The molecule has 1 heterocycles. The van der Waals surface area contributed by atoms with Gasteiger partial charge in [-0.1, -0.05) is 27.7 Å². The van der Waals surface area contributed by atoms with Crippen LogP contribution in [0.1, 0.15) is 40.5 Å². The molecule has 0 aliphatic heterocycles. The van der Waals surface area contributed by atoms with Crippen LogP contribution in [0.25, 0.3) is 0 Å². The second kappa shape index (κ2) is 6.42. The fraction of sp³-hybridized carbons (Fsp3) is 0.692. The minimum atomic E-state index is 0.283. The molecule has 0 unspecified atom stereocenters. The molecule has 1 N–H and O–H groups in total. The second-order valence-electron chi connectivity index (χ2n) is 5.33. The molecule has 0 saturated carbocycles. The molecule has 0 radical (unpaired) electrons. The van der Waals surface area contributed by atoms with Gasteiger partial charge in [-0.3, -0.25) is 4.98 Å². The van der Waals surface area contributed by atoms with Gasteiger partial charge in [0.2, 0.25) is 5.88 Å². The molecule has 0 aliphatic rings. The van der Waals surface area contributed by atoms with Gasteiger partial charge < -0.3 is 10.1 Å². The number of rotatable bonds is 6. The smallest absolute Gasteiger partial charge is 0.234 e. The predicted molar refractivity (Wildman–Crippen MR) is 70.4 cm³/mol. The molecule has 96 valence electrons. The van der Waals surface area contributed by atoms with Crippen molar-refractivity contribution < 1.29 is 4.74 Å². The molecule has 1 rings (SSSR count). The van der Waals surface area contributed by atoms with Gasteiger partial charge in [0.1, 0.15) is 5.82 Å². The predicted octanol–water partition coefficient (Wildman–Crippen LogP) is 3.11. The zero-order valence-electron chi connectivity index (χ0n) is 11.3. The Balaban J connectivity index is 2.43. The molecule has 0 spiro atoms. The molecular weight excluding hydrogens is 214 g/mol. The van der Waals surface area contributed by atoms with Crippen LogP contribution in [0.5, 0.6) is 5.88 Å². The van der Waals surface area contributed by atoms with Gasteiger partial charge in [0, 0.05) is 6.54 Å². The van der Waals surface area contributed by atoms with Crippen LogP contribution >= 0.6 is 0 Å². The van der Waals surface area contributed by atoms with E-state index in [0.29, 0.717) is 12.5 Å². The first-order valence-corrected chi connectivity index (χ1v) is 6.20. The standard InChI is InChI=1S/C13H23N3O/c1-5-7-15-11-9-14-10-12(16-11)17-8-6-13(2,3)4/h9-10H,5-8H2,1-4H3,(H,15,16). The Morgan fingerprint density at radius 1 is 1.29 bits per heavy atom. The van der Waals surface area contributed by atoms with E-state index in [0.717, 1.165) is 25.2 Å². The van der Waals surface area contributed by atoms with Crippen molar-refractivity contribution in [3.63, 3.8) is 0 Å². The van der Waals surface area contributed by atoms with Gasteiger partial charge in [-0.2, -0.15) is 4.98 Å². The number of nitrogens with one attached hydrogen (secondary N) is 1. The van der Waals surface area contributed by atoms with E-state index >= 15 is 0 Å². The molecule has 0 aromatic carbocycles. The third kappa shape index (κ3) is 6.09. The van der Waals surface area contributed by atoms with Crippen LogP contribution in [0.15, 0.2) is 12.4 Å². The first-order chi connectivity index (χ1) is 8.01. The number of hydrogen-bond donors (Lipinski definition) is 1. The van der Waals surface area contributed by atoms with E-state index in [1.54, 1.807) is 12.4 Å². The van der Waals surface area contributed by atoms with Crippen molar-refractivity contribution in [3.8, 4) is 5.88 Å². The van der Waals surface area contributed by atoms with Gasteiger partial charge in [0.05, 0.1) is 19.0 Å². The van der Waals surface area contributed by atoms with Crippen LogP contribution in [0.4, 0.5) is 5.82 Å². The maximum absolute atomic E-state index is 5.59. The third-order valence-electron chi connectivity index (χ3n) is 2.27. The highest BCUT2D eigenvalue weighted by atomic mass is 16.5. The Bertz CT molecular complexity index is 334. The number of aromatic nitrogens is 2. The largest absolute Gasteiger partial charge is 0.477 e. The highest BCUT2D eigenvalue weighted by Crippen LogP contribution is 2.19. The highest BCUT2D eigenvalue weighted by molar-refractivity contribution is 5.32. The minimum absolute atomic E-state index is 0.283. The summed E-state index contributed by atoms with van der Waals surface area (Å²) in [4.78, 5) is 8.44. The molecule has 0 atom stereocenters. The summed E-state index contributed by atoms with van der Waals surface area (Å²) in [5.41, 5.74) is 0.283. The van der Waals surface area contributed by atoms with Gasteiger partial charge in [-0.15, -0.1) is 0 Å². The summed E-state index contributed by atoms with van der Waals surface area (Å²) in [6.07, 6.45) is 5.43. The Morgan fingerprint density at radius 2 is 2.06 bits per heavy atom. The Morgan fingerprint density at radius 3 is 2.71 bits per heavy atom. The molecular formula is C13H23N3O. The summed E-state index contributed by atoms with van der Waals surface area (Å²) < 4.78 is 5.59. The average Bonchev–Trinajstić information content (AvgIpc) is 2.25. The van der Waals surface area contributed by atoms with Gasteiger partial charge in [-0.25, -0.2) is 0 Å². The number of hydrogen-bond acceptors (Lipinski definition) is 4. The molecule has 4 nitrogen and oxygen atoms in total. The molecule has 1 aromatic heterocycles. The summed E-state index contributed by atoms with van der Waals surface area (Å²) in [6.45, 7) is 10.3. The Hall–Kier alpha value is -1.32. The fourth-order valence-electron chi connectivity index (χ4n) is 1.22. The minimum Gasteiger partial charge on any atom is -0.477 e. The van der Waals surface area contributed by atoms with Crippen molar-refractivity contribution >= 4 is 5.82 Å². The molecule has 0 amide bonds. The van der Waals surface area contributed by atoms with E-state index in [2.05, 4.69) is 43.0 Å². The van der Waals surface area contributed by atoms with Crippen molar-refractivity contribution in [1.82, 2.24) is 9.97 Å². The first-order valence-electron chi connectivity index (χ1n) is 6.20. The Kier molecular flexibility index (Phi) is 5.19. The second-order valence-corrected chi connectivity index (χ2v) is 5.33. The van der Waals surface area contributed by atoms with E-state index in [4.69, 9.17) is 4.74 Å². The van der Waals surface area contributed by atoms with Gasteiger partial charge in [0.25, 0.3) is 0 Å². The third-order valence-corrected chi connectivity index (χ3v) is 2.27. The molecule has 4 heteroatoms. The van der Waals surface area contributed by atoms with Crippen LogP contribution in [0.3, 0.4) is 0 Å². The lowest BCUT2D eigenvalue weighted by Crippen LogP contribution is -2.12. The maximum atomic E-state index is 5.59. The summed E-state index contributed by atoms with van der Waals surface area (Å²) >= 11 is 0. The normalized spacial score (nSPS) is 11.3. The molecule has 0 bridgehead atoms. The van der Waals surface area contributed by atoms with Gasteiger partial charge in [-0.05, 0) is 18.3 Å². The van der Waals surface area contributed by atoms with Crippen LogP contribution in [-0.2, 0) is 0 Å². The molecule has 17 heavy (non-hydrogen) atoms. The molecule has 0 fully saturated rings. The van der Waals surface area contributed by atoms with E-state index < -0.39 is 0 Å². The SMILES string of the molecule is CCCNc1cncc(OCCC(C)(C)C)n1. The van der Waals surface area contributed by atoms with E-state index in [1.165, 1.54) is 0 Å². The molecule has 1 aromatic rings. The lowest BCUT2D eigenvalue weighted by molar-refractivity contribution is 0.236. The zero-order chi connectivity index (χ0) is 12.7. The van der Waals surface area contributed by atoms with Crippen LogP contribution in [0, 0.1) is 5.41 Å². The van der Waals surface area contributed by atoms with Crippen molar-refractivity contribution in [2.75, 3.05) is 18.5 Å². The number of ether oxygens (including phenoxy) is 1. The molecule has 0 saturated heterocycles. The van der Waals surface area contributed by atoms with E-state index in [1.807, 2.05) is 0 Å². The zero-order valence-corrected chi connectivity index (χ0v) is 11.3. The lowest BCUT2D eigenvalue weighted by Gasteiger charge is -2.17. The monoisotopic (exact) mass is 237 g/mol. The number of nitrogens with zero attached hydrogens (tertiary/aromatic N) is 2.